The number of nitrogens with zero attached hydrogens (tertiary/aromatic N) is 1. The fourth-order valence-electron chi connectivity index (χ4n) is 3.33. The number of carbonyl (C=O) groups is 1. The predicted octanol–water partition coefficient (Wildman–Crippen LogP) is 3.11. The van der Waals surface area contributed by atoms with Crippen LogP contribution in [-0.4, -0.2) is 36.9 Å². The summed E-state index contributed by atoms with van der Waals surface area (Å²) in [5, 5.41) is 10.4. The van der Waals surface area contributed by atoms with Gasteiger partial charge in [0, 0.05) is 24.9 Å². The highest BCUT2D eigenvalue weighted by molar-refractivity contribution is 7.89. The maximum atomic E-state index is 13.0. The molecule has 0 radical (unpaired) electrons. The summed E-state index contributed by atoms with van der Waals surface area (Å²) in [7, 11) is -3.53. The van der Waals surface area contributed by atoms with Gasteiger partial charge in [0.25, 0.3) is 0 Å². The van der Waals surface area contributed by atoms with Gasteiger partial charge >= 0.3 is 5.97 Å². The first-order chi connectivity index (χ1) is 11.5. The average molecular weight is 347 g/mol. The van der Waals surface area contributed by atoms with Crippen LogP contribution in [0.1, 0.15) is 25.7 Å². The largest absolute Gasteiger partial charge is 0.481 e. The summed E-state index contributed by atoms with van der Waals surface area (Å²) >= 11 is 0. The van der Waals surface area contributed by atoms with Crippen LogP contribution in [0.5, 0.6) is 0 Å². The monoisotopic (exact) mass is 347 g/mol. The molecule has 128 valence electrons. The van der Waals surface area contributed by atoms with E-state index < -0.39 is 16.0 Å². The summed E-state index contributed by atoms with van der Waals surface area (Å²) in [4.78, 5) is 11.0. The number of carboxylic acids is 1. The Morgan fingerprint density at radius 2 is 1.75 bits per heavy atom. The van der Waals surface area contributed by atoms with Crippen molar-refractivity contribution >= 4 is 26.8 Å². The Morgan fingerprint density at radius 1 is 1.08 bits per heavy atom. The van der Waals surface area contributed by atoms with Crippen molar-refractivity contribution in [2.24, 2.45) is 5.92 Å². The maximum absolute atomic E-state index is 13.0. The average Bonchev–Trinajstić information content (AvgIpc) is 2.59. The van der Waals surface area contributed by atoms with Crippen molar-refractivity contribution < 1.29 is 18.3 Å². The van der Waals surface area contributed by atoms with Gasteiger partial charge in [0.15, 0.2) is 0 Å². The summed E-state index contributed by atoms with van der Waals surface area (Å²) < 4.78 is 27.5. The molecule has 0 spiro atoms. The lowest BCUT2D eigenvalue weighted by Crippen LogP contribution is -2.38. The van der Waals surface area contributed by atoms with E-state index in [0.717, 1.165) is 23.6 Å². The predicted molar refractivity (Wildman–Crippen MR) is 92.3 cm³/mol. The van der Waals surface area contributed by atoms with Crippen LogP contribution in [0, 0.1) is 5.92 Å². The quantitative estimate of drug-likeness (QED) is 0.902. The highest BCUT2D eigenvalue weighted by atomic mass is 32.2. The Bertz CT molecular complexity index is 834. The lowest BCUT2D eigenvalue weighted by atomic mass is 9.93. The molecule has 1 N–H and O–H groups in total. The van der Waals surface area contributed by atoms with Crippen molar-refractivity contribution in [3.05, 3.63) is 42.5 Å². The van der Waals surface area contributed by atoms with Crippen molar-refractivity contribution in [2.75, 3.05) is 13.1 Å². The number of aliphatic carboxylic acids is 1. The molecule has 0 bridgehead atoms. The summed E-state index contributed by atoms with van der Waals surface area (Å²) in [6.07, 6.45) is 2.22. The van der Waals surface area contributed by atoms with Gasteiger partial charge in [-0.25, -0.2) is 8.42 Å². The molecule has 0 aliphatic carbocycles. The molecule has 3 rings (SSSR count). The summed E-state index contributed by atoms with van der Waals surface area (Å²) in [5.74, 6) is -0.499. The minimum absolute atomic E-state index is 0.154. The summed E-state index contributed by atoms with van der Waals surface area (Å²) in [6.45, 7) is 0.908. The van der Waals surface area contributed by atoms with Gasteiger partial charge in [0.2, 0.25) is 10.0 Å². The Labute approximate surface area is 142 Å². The van der Waals surface area contributed by atoms with Crippen molar-refractivity contribution in [1.29, 1.82) is 0 Å². The number of benzene rings is 2. The minimum Gasteiger partial charge on any atom is -0.481 e. The number of rotatable bonds is 5. The van der Waals surface area contributed by atoms with Crippen LogP contribution in [0.4, 0.5) is 0 Å². The van der Waals surface area contributed by atoms with Crippen LogP contribution in [0.25, 0.3) is 10.8 Å². The van der Waals surface area contributed by atoms with Gasteiger partial charge < -0.3 is 5.11 Å². The number of hydrogen-bond acceptors (Lipinski definition) is 3. The Kier molecular flexibility index (Phi) is 4.87. The zero-order valence-electron chi connectivity index (χ0n) is 13.4. The molecule has 1 aliphatic heterocycles. The topological polar surface area (TPSA) is 74.7 Å². The molecular formula is C18H21NO4S. The number of fused-ring (bicyclic) bond motifs is 1. The summed E-state index contributed by atoms with van der Waals surface area (Å²) in [6, 6.07) is 12.8. The molecule has 0 aromatic heterocycles. The molecule has 0 unspecified atom stereocenters. The Balaban J connectivity index is 1.78. The van der Waals surface area contributed by atoms with Crippen LogP contribution in [0.2, 0.25) is 0 Å². The van der Waals surface area contributed by atoms with E-state index >= 15 is 0 Å². The van der Waals surface area contributed by atoms with E-state index in [1.807, 2.05) is 30.3 Å². The van der Waals surface area contributed by atoms with Crippen LogP contribution in [-0.2, 0) is 14.8 Å². The fraction of sp³-hybridized carbons (Fsp3) is 0.389. The second kappa shape index (κ2) is 6.91. The van der Waals surface area contributed by atoms with Gasteiger partial charge in [-0.1, -0.05) is 36.4 Å². The Hall–Kier alpha value is -1.92. The van der Waals surface area contributed by atoms with Crippen LogP contribution < -0.4 is 0 Å². The van der Waals surface area contributed by atoms with Gasteiger partial charge in [0.1, 0.15) is 0 Å². The number of carboxylic acid groups (broad SMARTS) is 1. The first kappa shape index (κ1) is 16.9. The second-order valence-electron chi connectivity index (χ2n) is 6.26. The molecule has 6 heteroatoms. The highest BCUT2D eigenvalue weighted by Gasteiger charge is 2.30. The first-order valence-corrected chi connectivity index (χ1v) is 9.62. The highest BCUT2D eigenvalue weighted by Crippen LogP contribution is 2.30. The third-order valence-electron chi connectivity index (χ3n) is 4.71. The zero-order valence-corrected chi connectivity index (χ0v) is 14.2. The molecule has 1 fully saturated rings. The molecule has 2 aromatic carbocycles. The molecule has 1 heterocycles. The zero-order chi connectivity index (χ0) is 17.2. The third kappa shape index (κ3) is 3.44. The summed E-state index contributed by atoms with van der Waals surface area (Å²) in [5.41, 5.74) is 0. The fourth-order valence-corrected chi connectivity index (χ4v) is 5.01. The molecule has 1 saturated heterocycles. The molecule has 0 amide bonds. The second-order valence-corrected chi connectivity index (χ2v) is 8.16. The van der Waals surface area contributed by atoms with E-state index in [4.69, 9.17) is 5.11 Å². The SMILES string of the molecule is O=C(O)CCC1CCN(S(=O)(=O)c2cccc3ccccc23)CC1. The van der Waals surface area contributed by atoms with Gasteiger partial charge in [-0.15, -0.1) is 0 Å². The van der Waals surface area contributed by atoms with Gasteiger partial charge in [-0.2, -0.15) is 4.31 Å². The molecule has 1 aliphatic rings. The normalized spacial score (nSPS) is 17.2. The van der Waals surface area contributed by atoms with Gasteiger partial charge in [-0.05, 0) is 36.6 Å². The smallest absolute Gasteiger partial charge is 0.303 e. The number of hydrogen-bond donors (Lipinski definition) is 1. The van der Waals surface area contributed by atoms with E-state index in [2.05, 4.69) is 0 Å². The molecule has 2 aromatic rings. The van der Waals surface area contributed by atoms with Crippen molar-refractivity contribution in [2.45, 2.75) is 30.6 Å². The molecule has 0 atom stereocenters. The standard InChI is InChI=1S/C18H21NO4S/c20-18(21)9-8-14-10-12-19(13-11-14)24(22,23)17-7-3-5-15-4-1-2-6-16(15)17/h1-7,14H,8-13H2,(H,20,21). The van der Waals surface area contributed by atoms with Crippen molar-refractivity contribution in [3.8, 4) is 0 Å². The first-order valence-electron chi connectivity index (χ1n) is 8.18. The maximum Gasteiger partial charge on any atom is 0.303 e. The van der Waals surface area contributed by atoms with Crippen LogP contribution in [0.3, 0.4) is 0 Å². The molecule has 24 heavy (non-hydrogen) atoms. The number of piperidine rings is 1. The van der Waals surface area contributed by atoms with E-state index in [1.165, 1.54) is 4.31 Å². The van der Waals surface area contributed by atoms with E-state index in [-0.39, 0.29) is 6.42 Å². The number of sulfonamides is 1. The minimum atomic E-state index is -3.53. The molecular weight excluding hydrogens is 326 g/mol. The van der Waals surface area contributed by atoms with Gasteiger partial charge in [-0.3, -0.25) is 4.79 Å². The van der Waals surface area contributed by atoms with Crippen LogP contribution in [0.15, 0.2) is 47.4 Å². The third-order valence-corrected chi connectivity index (χ3v) is 6.66. The lowest BCUT2D eigenvalue weighted by Gasteiger charge is -2.31. The van der Waals surface area contributed by atoms with Crippen LogP contribution >= 0.6 is 0 Å². The lowest BCUT2D eigenvalue weighted by molar-refractivity contribution is -0.137. The Morgan fingerprint density at radius 3 is 2.46 bits per heavy atom. The van der Waals surface area contributed by atoms with Crippen molar-refractivity contribution in [3.63, 3.8) is 0 Å². The van der Waals surface area contributed by atoms with E-state index in [0.29, 0.717) is 30.3 Å². The van der Waals surface area contributed by atoms with Gasteiger partial charge in [0.05, 0.1) is 4.90 Å². The molecule has 5 nitrogen and oxygen atoms in total. The van der Waals surface area contributed by atoms with E-state index in [9.17, 15) is 13.2 Å². The van der Waals surface area contributed by atoms with E-state index in [1.54, 1.807) is 12.1 Å². The van der Waals surface area contributed by atoms with Crippen molar-refractivity contribution in [1.82, 2.24) is 4.31 Å². The molecule has 0 saturated carbocycles.